The summed E-state index contributed by atoms with van der Waals surface area (Å²) in [7, 11) is 0. The van der Waals surface area contributed by atoms with Crippen LogP contribution in [0.3, 0.4) is 0 Å². The van der Waals surface area contributed by atoms with E-state index in [-0.39, 0.29) is 16.9 Å². The number of carbonyl (C=O) groups is 2. The van der Waals surface area contributed by atoms with E-state index in [4.69, 9.17) is 4.84 Å². The third-order valence-corrected chi connectivity index (χ3v) is 6.34. The third kappa shape index (κ3) is 3.48. The number of ketones is 1. The van der Waals surface area contributed by atoms with Crippen molar-refractivity contribution in [3.63, 3.8) is 0 Å². The van der Waals surface area contributed by atoms with Gasteiger partial charge in [0.1, 0.15) is 5.71 Å². The molecule has 3 aromatic carbocycles. The molecule has 1 aliphatic carbocycles. The Bertz CT molecular complexity index is 1170. The summed E-state index contributed by atoms with van der Waals surface area (Å²) in [6, 6.07) is 22.9. The van der Waals surface area contributed by atoms with Crippen molar-refractivity contribution in [1.82, 2.24) is 0 Å². The SMILES string of the molecule is CCC1(CC)c2ccccc2-c2ccc(C(=O)C(C)=NOC(=O)c3ccccc3)cc21. The van der Waals surface area contributed by atoms with E-state index in [0.29, 0.717) is 11.1 Å². The van der Waals surface area contributed by atoms with Crippen LogP contribution in [0.5, 0.6) is 0 Å². The summed E-state index contributed by atoms with van der Waals surface area (Å²) in [4.78, 5) is 30.1. The largest absolute Gasteiger partial charge is 0.365 e. The van der Waals surface area contributed by atoms with Crippen LogP contribution in [0.4, 0.5) is 0 Å². The zero-order valence-corrected chi connectivity index (χ0v) is 18.0. The number of carbonyl (C=O) groups excluding carboxylic acids is 2. The Kier molecular flexibility index (Phi) is 5.55. The molecular formula is C27H25NO3. The second kappa shape index (κ2) is 8.31. The van der Waals surface area contributed by atoms with Gasteiger partial charge in [-0.15, -0.1) is 0 Å². The van der Waals surface area contributed by atoms with Crippen LogP contribution in [0.1, 0.15) is 65.5 Å². The van der Waals surface area contributed by atoms with Crippen molar-refractivity contribution in [2.24, 2.45) is 5.16 Å². The molecule has 0 amide bonds. The number of hydrogen-bond donors (Lipinski definition) is 0. The number of Topliss-reactive ketones (excluding diaryl/α,β-unsaturated/α-hetero) is 1. The molecule has 4 rings (SSSR count). The van der Waals surface area contributed by atoms with Gasteiger partial charge in [0.25, 0.3) is 0 Å². The molecule has 0 spiro atoms. The van der Waals surface area contributed by atoms with Gasteiger partial charge in [-0.05, 0) is 60.2 Å². The topological polar surface area (TPSA) is 55.7 Å². The van der Waals surface area contributed by atoms with Crippen molar-refractivity contribution < 1.29 is 14.4 Å². The molecule has 0 heterocycles. The van der Waals surface area contributed by atoms with E-state index >= 15 is 0 Å². The van der Waals surface area contributed by atoms with E-state index in [1.165, 1.54) is 22.3 Å². The minimum Gasteiger partial charge on any atom is -0.312 e. The van der Waals surface area contributed by atoms with Crippen LogP contribution in [0.25, 0.3) is 11.1 Å². The van der Waals surface area contributed by atoms with Gasteiger partial charge in [0, 0.05) is 11.0 Å². The Hall–Kier alpha value is -3.53. The average molecular weight is 412 g/mol. The monoisotopic (exact) mass is 411 g/mol. The van der Waals surface area contributed by atoms with Crippen LogP contribution in [-0.2, 0) is 10.3 Å². The molecule has 0 saturated heterocycles. The van der Waals surface area contributed by atoms with E-state index in [2.05, 4.69) is 43.3 Å². The molecule has 1 aliphatic rings. The van der Waals surface area contributed by atoms with E-state index in [1.807, 2.05) is 24.3 Å². The van der Waals surface area contributed by atoms with Gasteiger partial charge in [-0.25, -0.2) is 4.79 Å². The van der Waals surface area contributed by atoms with Gasteiger partial charge >= 0.3 is 5.97 Å². The van der Waals surface area contributed by atoms with Crippen molar-refractivity contribution in [1.29, 1.82) is 0 Å². The van der Waals surface area contributed by atoms with Crippen molar-refractivity contribution in [3.8, 4) is 11.1 Å². The Balaban J connectivity index is 1.64. The summed E-state index contributed by atoms with van der Waals surface area (Å²) in [6.45, 7) is 5.95. The first kappa shape index (κ1) is 20.7. The molecule has 156 valence electrons. The van der Waals surface area contributed by atoms with Crippen LogP contribution >= 0.6 is 0 Å². The summed E-state index contributed by atoms with van der Waals surface area (Å²) in [6.07, 6.45) is 1.90. The van der Waals surface area contributed by atoms with Gasteiger partial charge in [-0.3, -0.25) is 4.79 Å². The average Bonchev–Trinajstić information content (AvgIpc) is 3.11. The fourth-order valence-corrected chi connectivity index (χ4v) is 4.60. The molecule has 4 heteroatoms. The van der Waals surface area contributed by atoms with Gasteiger partial charge in [0.15, 0.2) is 0 Å². The normalized spacial score (nSPS) is 14.0. The summed E-state index contributed by atoms with van der Waals surface area (Å²) < 4.78 is 0. The van der Waals surface area contributed by atoms with Crippen LogP contribution < -0.4 is 0 Å². The zero-order chi connectivity index (χ0) is 22.0. The molecule has 0 fully saturated rings. The van der Waals surface area contributed by atoms with Crippen molar-refractivity contribution in [2.45, 2.75) is 39.0 Å². The first-order valence-electron chi connectivity index (χ1n) is 10.6. The Morgan fingerprint density at radius 1 is 0.806 bits per heavy atom. The molecule has 3 aromatic rings. The van der Waals surface area contributed by atoms with Gasteiger partial charge < -0.3 is 4.84 Å². The van der Waals surface area contributed by atoms with Gasteiger partial charge in [0.05, 0.1) is 5.56 Å². The smallest absolute Gasteiger partial charge is 0.312 e. The van der Waals surface area contributed by atoms with Gasteiger partial charge in [-0.1, -0.05) is 73.6 Å². The first-order chi connectivity index (χ1) is 15.0. The molecule has 4 nitrogen and oxygen atoms in total. The number of hydrogen-bond acceptors (Lipinski definition) is 4. The van der Waals surface area contributed by atoms with Crippen LogP contribution in [0, 0.1) is 0 Å². The van der Waals surface area contributed by atoms with E-state index in [9.17, 15) is 9.59 Å². The van der Waals surface area contributed by atoms with Crippen molar-refractivity contribution >= 4 is 17.5 Å². The van der Waals surface area contributed by atoms with Crippen molar-refractivity contribution in [2.75, 3.05) is 0 Å². The third-order valence-electron chi connectivity index (χ3n) is 6.34. The number of benzene rings is 3. The minimum atomic E-state index is -0.590. The first-order valence-corrected chi connectivity index (χ1v) is 10.6. The highest BCUT2D eigenvalue weighted by atomic mass is 16.7. The summed E-state index contributed by atoms with van der Waals surface area (Å²) in [5.74, 6) is -0.839. The lowest BCUT2D eigenvalue weighted by atomic mass is 9.73. The second-order valence-electron chi connectivity index (χ2n) is 7.85. The summed E-state index contributed by atoms with van der Waals surface area (Å²) >= 11 is 0. The highest BCUT2D eigenvalue weighted by molar-refractivity contribution is 6.45. The van der Waals surface area contributed by atoms with Crippen LogP contribution in [-0.4, -0.2) is 17.5 Å². The number of oxime groups is 1. The maximum atomic E-state index is 13.0. The lowest BCUT2D eigenvalue weighted by Crippen LogP contribution is -2.23. The fourth-order valence-electron chi connectivity index (χ4n) is 4.60. The molecule has 0 aromatic heterocycles. The number of rotatable bonds is 6. The molecule has 0 bridgehead atoms. The van der Waals surface area contributed by atoms with E-state index in [1.54, 1.807) is 31.2 Å². The number of nitrogens with zero attached hydrogens (tertiary/aromatic N) is 1. The maximum Gasteiger partial charge on any atom is 0.365 e. The molecular weight excluding hydrogens is 386 g/mol. The Labute approximate surface area is 182 Å². The number of fused-ring (bicyclic) bond motifs is 3. The Morgan fingerprint density at radius 3 is 2.16 bits per heavy atom. The summed E-state index contributed by atoms with van der Waals surface area (Å²) in [5.41, 5.74) is 5.89. The predicted octanol–water partition coefficient (Wildman–Crippen LogP) is 6.19. The molecule has 0 unspecified atom stereocenters. The standard InChI is InChI=1S/C27H25NO3/c1-4-27(5-2)23-14-10-9-13-21(23)22-16-15-20(17-24(22)27)25(29)18(3)28-31-26(30)19-11-7-6-8-12-19/h6-17H,4-5H2,1-3H3. The quantitative estimate of drug-likeness (QED) is 0.210. The Morgan fingerprint density at radius 2 is 1.45 bits per heavy atom. The van der Waals surface area contributed by atoms with Gasteiger partial charge in [-0.2, -0.15) is 0 Å². The molecule has 0 aliphatic heterocycles. The second-order valence-corrected chi connectivity index (χ2v) is 7.85. The molecule has 31 heavy (non-hydrogen) atoms. The minimum absolute atomic E-state index is 0.104. The predicted molar refractivity (Wildman–Crippen MR) is 123 cm³/mol. The van der Waals surface area contributed by atoms with Gasteiger partial charge in [0.2, 0.25) is 5.78 Å². The maximum absolute atomic E-state index is 13.0. The van der Waals surface area contributed by atoms with E-state index < -0.39 is 5.97 Å². The van der Waals surface area contributed by atoms with E-state index in [0.717, 1.165) is 12.8 Å². The summed E-state index contributed by atoms with van der Waals surface area (Å²) in [5, 5.41) is 3.80. The molecule has 0 atom stereocenters. The fraction of sp³-hybridized carbons (Fsp3) is 0.222. The molecule has 0 saturated carbocycles. The highest BCUT2D eigenvalue weighted by Gasteiger charge is 2.40. The molecule has 0 radical (unpaired) electrons. The van der Waals surface area contributed by atoms with Crippen LogP contribution in [0.15, 0.2) is 78.0 Å². The lowest BCUT2D eigenvalue weighted by molar-refractivity contribution is 0.0515. The molecule has 0 N–H and O–H groups in total. The lowest BCUT2D eigenvalue weighted by Gasteiger charge is -2.29. The zero-order valence-electron chi connectivity index (χ0n) is 18.0. The highest BCUT2D eigenvalue weighted by Crippen LogP contribution is 2.52. The van der Waals surface area contributed by atoms with Crippen LogP contribution in [0.2, 0.25) is 0 Å². The van der Waals surface area contributed by atoms with Crippen molar-refractivity contribution in [3.05, 3.63) is 95.1 Å².